The summed E-state index contributed by atoms with van der Waals surface area (Å²) in [6.45, 7) is 0.629. The Hall–Kier alpha value is -1.54. The predicted molar refractivity (Wildman–Crippen MR) is 63.8 cm³/mol. The first-order valence-electron chi connectivity index (χ1n) is 5.50. The number of rotatable bonds is 4. The van der Waals surface area contributed by atoms with Gasteiger partial charge in [0.25, 0.3) is 0 Å². The Morgan fingerprint density at radius 1 is 1.39 bits per heavy atom. The van der Waals surface area contributed by atoms with Gasteiger partial charge in [-0.3, -0.25) is 4.79 Å². The Morgan fingerprint density at radius 3 is 2.61 bits per heavy atom. The van der Waals surface area contributed by atoms with Crippen LogP contribution in [0.3, 0.4) is 0 Å². The van der Waals surface area contributed by atoms with E-state index >= 15 is 0 Å². The highest BCUT2D eigenvalue weighted by Gasteiger charge is 2.35. The molecule has 98 valence electrons. The third kappa shape index (κ3) is 3.02. The van der Waals surface area contributed by atoms with E-state index < -0.39 is 15.3 Å². The van der Waals surface area contributed by atoms with Crippen LogP contribution in [-0.2, 0) is 21.2 Å². The molecule has 1 fully saturated rings. The fourth-order valence-corrected chi connectivity index (χ4v) is 2.66. The summed E-state index contributed by atoms with van der Waals surface area (Å²) in [5, 5.41) is 4.27. The third-order valence-electron chi connectivity index (χ3n) is 2.93. The lowest BCUT2D eigenvalue weighted by Gasteiger charge is -2.15. The molecule has 7 nitrogen and oxygen atoms in total. The van der Waals surface area contributed by atoms with E-state index in [2.05, 4.69) is 9.97 Å². The summed E-state index contributed by atoms with van der Waals surface area (Å²) in [4.78, 5) is 20.9. The molecule has 1 saturated heterocycles. The molecule has 1 aliphatic heterocycles. The molecule has 2 rings (SSSR count). The van der Waals surface area contributed by atoms with Gasteiger partial charge in [-0.2, -0.15) is 0 Å². The standard InChI is InChI=1S/C10H14N4O3S/c11-18(16,17)9-3-10(15)14(6-9)2-1-8-4-12-7-13-5-8/h4-5,7,9H,1-3,6H2,(H2,11,16,17). The van der Waals surface area contributed by atoms with Crippen LogP contribution in [0.4, 0.5) is 0 Å². The van der Waals surface area contributed by atoms with E-state index in [9.17, 15) is 13.2 Å². The van der Waals surface area contributed by atoms with E-state index in [0.29, 0.717) is 13.0 Å². The number of nitrogens with two attached hydrogens (primary N) is 1. The van der Waals surface area contributed by atoms with Crippen molar-refractivity contribution in [1.82, 2.24) is 14.9 Å². The van der Waals surface area contributed by atoms with Crippen LogP contribution >= 0.6 is 0 Å². The number of hydrogen-bond donors (Lipinski definition) is 1. The number of hydrogen-bond acceptors (Lipinski definition) is 5. The van der Waals surface area contributed by atoms with E-state index in [4.69, 9.17) is 5.14 Å². The lowest BCUT2D eigenvalue weighted by atomic mass is 10.2. The zero-order chi connectivity index (χ0) is 13.2. The van der Waals surface area contributed by atoms with Crippen LogP contribution in [0.1, 0.15) is 12.0 Å². The van der Waals surface area contributed by atoms with Crippen molar-refractivity contribution in [3.05, 3.63) is 24.3 Å². The first kappa shape index (κ1) is 12.9. The van der Waals surface area contributed by atoms with Crippen molar-refractivity contribution in [2.75, 3.05) is 13.1 Å². The number of sulfonamides is 1. The van der Waals surface area contributed by atoms with E-state index in [0.717, 1.165) is 5.56 Å². The summed E-state index contributed by atoms with van der Waals surface area (Å²) in [6.07, 6.45) is 5.35. The maximum Gasteiger partial charge on any atom is 0.224 e. The van der Waals surface area contributed by atoms with Crippen molar-refractivity contribution < 1.29 is 13.2 Å². The maximum atomic E-state index is 11.6. The highest BCUT2D eigenvalue weighted by Crippen LogP contribution is 2.16. The minimum absolute atomic E-state index is 0.0237. The van der Waals surface area contributed by atoms with Gasteiger partial charge in [0.05, 0.1) is 0 Å². The van der Waals surface area contributed by atoms with E-state index in [1.165, 1.54) is 11.2 Å². The molecule has 1 unspecified atom stereocenters. The molecule has 1 aromatic heterocycles. The molecule has 2 N–H and O–H groups in total. The molecule has 1 aliphatic rings. The fourth-order valence-electron chi connectivity index (χ4n) is 1.90. The van der Waals surface area contributed by atoms with Gasteiger partial charge in [0.1, 0.15) is 11.6 Å². The molecule has 0 radical (unpaired) electrons. The molecule has 0 spiro atoms. The predicted octanol–water partition coefficient (Wildman–Crippen LogP) is -1.09. The minimum atomic E-state index is -3.64. The number of carbonyl (C=O) groups is 1. The Labute approximate surface area is 105 Å². The van der Waals surface area contributed by atoms with Gasteiger partial charge in [-0.15, -0.1) is 0 Å². The second kappa shape index (κ2) is 4.99. The third-order valence-corrected chi connectivity index (χ3v) is 4.17. The summed E-state index contributed by atoms with van der Waals surface area (Å²) in [7, 11) is -3.64. The lowest BCUT2D eigenvalue weighted by molar-refractivity contribution is -0.127. The van der Waals surface area contributed by atoms with Crippen LogP contribution in [-0.4, -0.2) is 47.5 Å². The van der Waals surface area contributed by atoms with E-state index in [-0.39, 0.29) is 18.9 Å². The average molecular weight is 270 g/mol. The fraction of sp³-hybridized carbons (Fsp3) is 0.500. The number of amides is 1. The molecule has 1 aromatic rings. The molecule has 18 heavy (non-hydrogen) atoms. The number of carbonyl (C=O) groups excluding carboxylic acids is 1. The second-order valence-electron chi connectivity index (χ2n) is 4.25. The largest absolute Gasteiger partial charge is 0.341 e. The Balaban J connectivity index is 1.94. The van der Waals surface area contributed by atoms with Gasteiger partial charge in [-0.05, 0) is 12.0 Å². The van der Waals surface area contributed by atoms with Crippen molar-refractivity contribution in [1.29, 1.82) is 0 Å². The van der Waals surface area contributed by atoms with Crippen LogP contribution < -0.4 is 5.14 Å². The molecule has 0 aliphatic carbocycles. The zero-order valence-electron chi connectivity index (χ0n) is 9.69. The average Bonchev–Trinajstić information content (AvgIpc) is 2.69. The molecule has 1 atom stereocenters. The van der Waals surface area contributed by atoms with Gasteiger partial charge < -0.3 is 4.90 Å². The minimum Gasteiger partial charge on any atom is -0.341 e. The maximum absolute atomic E-state index is 11.6. The number of aromatic nitrogens is 2. The van der Waals surface area contributed by atoms with Crippen LogP contribution in [0.5, 0.6) is 0 Å². The van der Waals surface area contributed by atoms with Gasteiger partial charge in [0.15, 0.2) is 0 Å². The summed E-state index contributed by atoms with van der Waals surface area (Å²) in [5.41, 5.74) is 0.907. The van der Waals surface area contributed by atoms with Crippen molar-refractivity contribution in [3.8, 4) is 0 Å². The van der Waals surface area contributed by atoms with Gasteiger partial charge in [0, 0.05) is 31.9 Å². The van der Waals surface area contributed by atoms with Crippen molar-refractivity contribution in [2.45, 2.75) is 18.1 Å². The first-order chi connectivity index (χ1) is 8.47. The monoisotopic (exact) mass is 270 g/mol. The quantitative estimate of drug-likeness (QED) is 0.748. The van der Waals surface area contributed by atoms with Gasteiger partial charge in [0.2, 0.25) is 15.9 Å². The molecule has 0 bridgehead atoms. The van der Waals surface area contributed by atoms with Crippen LogP contribution in [0, 0.1) is 0 Å². The van der Waals surface area contributed by atoms with Crippen LogP contribution in [0.15, 0.2) is 18.7 Å². The molecule has 0 aromatic carbocycles. The summed E-state index contributed by atoms with van der Waals surface area (Å²) in [6, 6.07) is 0. The van der Waals surface area contributed by atoms with Gasteiger partial charge in [-0.1, -0.05) is 0 Å². The number of nitrogens with zero attached hydrogens (tertiary/aromatic N) is 3. The topological polar surface area (TPSA) is 106 Å². The van der Waals surface area contributed by atoms with Gasteiger partial charge in [-0.25, -0.2) is 23.5 Å². The summed E-state index contributed by atoms with van der Waals surface area (Å²) < 4.78 is 22.4. The highest BCUT2D eigenvalue weighted by molar-refractivity contribution is 7.89. The van der Waals surface area contributed by atoms with Crippen LogP contribution in [0.2, 0.25) is 0 Å². The Morgan fingerprint density at radius 2 is 2.06 bits per heavy atom. The lowest BCUT2D eigenvalue weighted by Crippen LogP contribution is -2.33. The SMILES string of the molecule is NS(=O)(=O)C1CC(=O)N(CCc2cncnc2)C1. The normalized spacial score (nSPS) is 20.4. The molecule has 2 heterocycles. The van der Waals surface area contributed by atoms with Gasteiger partial charge >= 0.3 is 0 Å². The second-order valence-corrected chi connectivity index (χ2v) is 6.10. The summed E-state index contributed by atoms with van der Waals surface area (Å²) in [5.74, 6) is -0.175. The van der Waals surface area contributed by atoms with E-state index in [1.54, 1.807) is 12.4 Å². The zero-order valence-corrected chi connectivity index (χ0v) is 10.5. The molecule has 1 amide bonds. The van der Waals surface area contributed by atoms with Crippen LogP contribution in [0.25, 0.3) is 0 Å². The highest BCUT2D eigenvalue weighted by atomic mass is 32.2. The van der Waals surface area contributed by atoms with Crippen molar-refractivity contribution in [3.63, 3.8) is 0 Å². The molecule has 0 saturated carbocycles. The first-order valence-corrected chi connectivity index (χ1v) is 7.11. The number of likely N-dealkylation sites (tertiary alicyclic amines) is 1. The summed E-state index contributed by atoms with van der Waals surface area (Å²) >= 11 is 0. The number of primary sulfonamides is 1. The smallest absolute Gasteiger partial charge is 0.224 e. The molecular formula is C10H14N4O3S. The van der Waals surface area contributed by atoms with E-state index in [1.807, 2.05) is 0 Å². The molecular weight excluding hydrogens is 256 g/mol. The van der Waals surface area contributed by atoms with Crippen molar-refractivity contribution in [2.24, 2.45) is 5.14 Å². The Kier molecular flexibility index (Phi) is 3.58. The Bertz CT molecular complexity index is 531. The molecule has 8 heteroatoms. The van der Waals surface area contributed by atoms with Crippen molar-refractivity contribution >= 4 is 15.9 Å².